The van der Waals surface area contributed by atoms with Gasteiger partial charge >= 0.3 is 0 Å². The molecule has 1 aliphatic rings. The zero-order chi connectivity index (χ0) is 15.1. The van der Waals surface area contributed by atoms with Gasteiger partial charge in [0.15, 0.2) is 0 Å². The van der Waals surface area contributed by atoms with E-state index in [0.717, 1.165) is 31.6 Å². The van der Waals surface area contributed by atoms with Crippen LogP contribution < -0.4 is 10.6 Å². The highest BCUT2D eigenvalue weighted by Gasteiger charge is 2.20. The van der Waals surface area contributed by atoms with E-state index in [4.69, 9.17) is 22.7 Å². The van der Waals surface area contributed by atoms with E-state index < -0.39 is 0 Å². The summed E-state index contributed by atoms with van der Waals surface area (Å²) in [6, 6.07) is 9.66. The molecule has 1 heterocycles. The molecule has 0 radical (unpaired) electrons. The number of ether oxygens (including phenoxy) is 1. The summed E-state index contributed by atoms with van der Waals surface area (Å²) in [6.45, 7) is 1.35. The number of para-hydroxylation sites is 1. The van der Waals surface area contributed by atoms with Gasteiger partial charge < -0.3 is 15.4 Å². The molecule has 1 amide bonds. The predicted molar refractivity (Wildman–Crippen MR) is 88.4 cm³/mol. The van der Waals surface area contributed by atoms with Crippen LogP contribution >= 0.6 is 12.2 Å². The molecule has 114 valence electrons. The van der Waals surface area contributed by atoms with Crippen LogP contribution in [0.15, 0.2) is 30.3 Å². The third kappa shape index (κ3) is 5.10. The van der Waals surface area contributed by atoms with Crippen LogP contribution in [0.25, 0.3) is 0 Å². The Morgan fingerprint density at radius 1 is 1.33 bits per heavy atom. The van der Waals surface area contributed by atoms with Crippen LogP contribution in [0.1, 0.15) is 32.1 Å². The van der Waals surface area contributed by atoms with Crippen molar-refractivity contribution in [3.8, 4) is 0 Å². The molecule has 0 bridgehead atoms. The molecule has 1 aromatic rings. The Balaban J connectivity index is 1.96. The second-order valence-corrected chi connectivity index (χ2v) is 5.80. The molecule has 0 aromatic heterocycles. The Kier molecular flexibility index (Phi) is 6.14. The average molecular weight is 306 g/mol. The van der Waals surface area contributed by atoms with Crippen molar-refractivity contribution in [3.63, 3.8) is 0 Å². The van der Waals surface area contributed by atoms with Gasteiger partial charge in [-0.25, -0.2) is 0 Å². The first-order valence-electron chi connectivity index (χ1n) is 7.42. The van der Waals surface area contributed by atoms with Crippen molar-refractivity contribution in [1.29, 1.82) is 0 Å². The van der Waals surface area contributed by atoms with Crippen LogP contribution in [0.3, 0.4) is 0 Å². The van der Waals surface area contributed by atoms with Crippen molar-refractivity contribution in [2.24, 2.45) is 5.73 Å². The first-order chi connectivity index (χ1) is 10.2. The standard InChI is InChI=1S/C16H22N2O2S/c17-15(21)10-11-18(13-5-2-1-3-6-13)16(19)9-8-14-7-4-12-20-14/h1-3,5-6,14H,4,7-12H2,(H2,17,21). The molecular weight excluding hydrogens is 284 g/mol. The van der Waals surface area contributed by atoms with Gasteiger partial charge in [-0.05, 0) is 31.4 Å². The highest BCUT2D eigenvalue weighted by molar-refractivity contribution is 7.80. The van der Waals surface area contributed by atoms with Crippen molar-refractivity contribution >= 4 is 28.8 Å². The summed E-state index contributed by atoms with van der Waals surface area (Å²) < 4.78 is 5.58. The van der Waals surface area contributed by atoms with Gasteiger partial charge in [-0.2, -0.15) is 0 Å². The van der Waals surface area contributed by atoms with E-state index in [1.165, 1.54) is 0 Å². The minimum absolute atomic E-state index is 0.105. The Morgan fingerprint density at radius 2 is 2.10 bits per heavy atom. The number of thiocarbonyl (C=S) groups is 1. The Labute approximate surface area is 131 Å². The fourth-order valence-corrected chi connectivity index (χ4v) is 2.61. The average Bonchev–Trinajstić information content (AvgIpc) is 2.99. The minimum Gasteiger partial charge on any atom is -0.393 e. The lowest BCUT2D eigenvalue weighted by atomic mass is 10.1. The predicted octanol–water partition coefficient (Wildman–Crippen LogP) is 2.66. The van der Waals surface area contributed by atoms with E-state index in [9.17, 15) is 4.79 Å². The van der Waals surface area contributed by atoms with Gasteiger partial charge in [0.05, 0.1) is 11.1 Å². The van der Waals surface area contributed by atoms with Gasteiger partial charge in [0.2, 0.25) is 5.91 Å². The fourth-order valence-electron chi connectivity index (χ4n) is 2.52. The lowest BCUT2D eigenvalue weighted by molar-refractivity contribution is -0.119. The zero-order valence-corrected chi connectivity index (χ0v) is 13.0. The molecule has 4 nitrogen and oxygen atoms in total. The normalized spacial score (nSPS) is 17.6. The van der Waals surface area contributed by atoms with Gasteiger partial charge in [-0.1, -0.05) is 30.4 Å². The van der Waals surface area contributed by atoms with Crippen molar-refractivity contribution in [3.05, 3.63) is 30.3 Å². The molecule has 1 atom stereocenters. The molecule has 2 N–H and O–H groups in total. The molecule has 2 rings (SSSR count). The van der Waals surface area contributed by atoms with Crippen LogP contribution in [-0.4, -0.2) is 30.2 Å². The lowest BCUT2D eigenvalue weighted by Gasteiger charge is -2.23. The van der Waals surface area contributed by atoms with Crippen molar-refractivity contribution in [2.75, 3.05) is 18.1 Å². The maximum atomic E-state index is 12.5. The maximum absolute atomic E-state index is 12.5. The first-order valence-corrected chi connectivity index (χ1v) is 7.83. The van der Waals surface area contributed by atoms with Crippen LogP contribution in [0.2, 0.25) is 0 Å². The van der Waals surface area contributed by atoms with E-state index in [1.807, 2.05) is 30.3 Å². The molecule has 1 unspecified atom stereocenters. The van der Waals surface area contributed by atoms with Gasteiger partial charge in [-0.3, -0.25) is 4.79 Å². The summed E-state index contributed by atoms with van der Waals surface area (Å²) in [5.41, 5.74) is 6.46. The third-order valence-electron chi connectivity index (χ3n) is 3.65. The van der Waals surface area contributed by atoms with Gasteiger partial charge in [0.1, 0.15) is 0 Å². The molecule has 21 heavy (non-hydrogen) atoms. The Hall–Kier alpha value is -1.46. The fraction of sp³-hybridized carbons (Fsp3) is 0.500. The van der Waals surface area contributed by atoms with Gasteiger partial charge in [0, 0.05) is 31.7 Å². The number of rotatable bonds is 7. The van der Waals surface area contributed by atoms with Crippen LogP contribution in [0.5, 0.6) is 0 Å². The monoisotopic (exact) mass is 306 g/mol. The van der Waals surface area contributed by atoms with E-state index in [-0.39, 0.29) is 12.0 Å². The molecule has 1 aliphatic heterocycles. The zero-order valence-electron chi connectivity index (χ0n) is 12.2. The van der Waals surface area contributed by atoms with E-state index >= 15 is 0 Å². The number of nitrogens with two attached hydrogens (primary N) is 1. The SMILES string of the molecule is NC(=S)CCN(C(=O)CCC1CCCO1)c1ccccc1. The number of anilines is 1. The summed E-state index contributed by atoms with van der Waals surface area (Å²) in [7, 11) is 0. The second-order valence-electron chi connectivity index (χ2n) is 5.27. The summed E-state index contributed by atoms with van der Waals surface area (Å²) >= 11 is 4.92. The van der Waals surface area contributed by atoms with Crippen LogP contribution in [-0.2, 0) is 9.53 Å². The quantitative estimate of drug-likeness (QED) is 0.787. The number of amides is 1. The molecule has 1 fully saturated rings. The van der Waals surface area contributed by atoms with Crippen molar-refractivity contribution < 1.29 is 9.53 Å². The van der Waals surface area contributed by atoms with E-state index in [0.29, 0.717) is 24.4 Å². The number of carbonyl (C=O) groups excluding carboxylic acids is 1. The molecule has 1 aromatic carbocycles. The summed E-state index contributed by atoms with van der Waals surface area (Å²) in [5, 5.41) is 0. The van der Waals surface area contributed by atoms with E-state index in [2.05, 4.69) is 0 Å². The Bertz CT molecular complexity index is 472. The largest absolute Gasteiger partial charge is 0.393 e. The highest BCUT2D eigenvalue weighted by Crippen LogP contribution is 2.20. The number of benzene rings is 1. The summed E-state index contributed by atoms with van der Waals surface area (Å²) in [4.78, 5) is 14.7. The lowest BCUT2D eigenvalue weighted by Crippen LogP contribution is -2.34. The Morgan fingerprint density at radius 3 is 2.71 bits per heavy atom. The van der Waals surface area contributed by atoms with Crippen LogP contribution in [0, 0.1) is 0 Å². The van der Waals surface area contributed by atoms with Crippen LogP contribution in [0.4, 0.5) is 5.69 Å². The van der Waals surface area contributed by atoms with E-state index in [1.54, 1.807) is 4.90 Å². The topological polar surface area (TPSA) is 55.6 Å². The minimum atomic E-state index is 0.105. The van der Waals surface area contributed by atoms with Gasteiger partial charge in [0.25, 0.3) is 0 Å². The van der Waals surface area contributed by atoms with Gasteiger partial charge in [-0.15, -0.1) is 0 Å². The number of hydrogen-bond acceptors (Lipinski definition) is 3. The van der Waals surface area contributed by atoms with Crippen molar-refractivity contribution in [1.82, 2.24) is 0 Å². The third-order valence-corrected chi connectivity index (χ3v) is 3.86. The molecule has 5 heteroatoms. The molecule has 0 aliphatic carbocycles. The molecular formula is C16H22N2O2S. The number of hydrogen-bond donors (Lipinski definition) is 1. The highest BCUT2D eigenvalue weighted by atomic mass is 32.1. The smallest absolute Gasteiger partial charge is 0.227 e. The van der Waals surface area contributed by atoms with Crippen molar-refractivity contribution in [2.45, 2.75) is 38.2 Å². The summed E-state index contributed by atoms with van der Waals surface area (Å²) in [5.74, 6) is 0.105. The second kappa shape index (κ2) is 8.10. The maximum Gasteiger partial charge on any atom is 0.227 e. The first kappa shape index (κ1) is 15.9. The summed E-state index contributed by atoms with van der Waals surface area (Å²) in [6.07, 6.45) is 4.22. The molecule has 1 saturated heterocycles. The molecule has 0 saturated carbocycles. The number of carbonyl (C=O) groups is 1. The number of nitrogens with zero attached hydrogens (tertiary/aromatic N) is 1. The molecule has 0 spiro atoms.